The summed E-state index contributed by atoms with van der Waals surface area (Å²) in [7, 11) is 0. The topological polar surface area (TPSA) is 104 Å². The maximum atomic E-state index is 11.8. The number of carbonyl (C=O) groups excluding carboxylic acids is 2. The summed E-state index contributed by atoms with van der Waals surface area (Å²) < 4.78 is 12.0. The van der Waals surface area contributed by atoms with Gasteiger partial charge in [0.05, 0.1) is 17.7 Å². The van der Waals surface area contributed by atoms with Crippen molar-refractivity contribution in [3.8, 4) is 11.6 Å². The van der Waals surface area contributed by atoms with Crippen molar-refractivity contribution in [1.29, 1.82) is 0 Å². The van der Waals surface area contributed by atoms with Gasteiger partial charge in [0.15, 0.2) is 0 Å². The fourth-order valence-electron chi connectivity index (χ4n) is 4.05. The highest BCUT2D eigenvalue weighted by Gasteiger charge is 2.44. The highest BCUT2D eigenvalue weighted by atomic mass is 16.5. The second-order valence-electron chi connectivity index (χ2n) is 7.51. The number of benzene rings is 1. The number of amides is 2. The van der Waals surface area contributed by atoms with Gasteiger partial charge in [-0.3, -0.25) is 9.59 Å². The zero-order valence-corrected chi connectivity index (χ0v) is 15.4. The van der Waals surface area contributed by atoms with E-state index in [4.69, 9.17) is 15.2 Å². The number of ether oxygens (including phenoxy) is 2. The van der Waals surface area contributed by atoms with Crippen molar-refractivity contribution >= 4 is 22.6 Å². The highest BCUT2D eigenvalue weighted by molar-refractivity contribution is 6.01. The van der Waals surface area contributed by atoms with Crippen LogP contribution in [0.4, 0.5) is 0 Å². The first-order chi connectivity index (χ1) is 12.9. The van der Waals surface area contributed by atoms with Gasteiger partial charge < -0.3 is 20.5 Å². The summed E-state index contributed by atoms with van der Waals surface area (Å²) >= 11 is 0. The lowest BCUT2D eigenvalue weighted by atomic mass is 10.0. The number of pyridine rings is 1. The maximum absolute atomic E-state index is 11.8. The van der Waals surface area contributed by atoms with Crippen LogP contribution in [0.1, 0.15) is 43.5 Å². The van der Waals surface area contributed by atoms with Gasteiger partial charge in [0.2, 0.25) is 11.8 Å². The van der Waals surface area contributed by atoms with Crippen LogP contribution >= 0.6 is 0 Å². The molecule has 1 saturated carbocycles. The first-order valence-electron chi connectivity index (χ1n) is 9.27. The Labute approximate surface area is 157 Å². The molecule has 7 nitrogen and oxygen atoms in total. The molecule has 1 aliphatic carbocycles. The fourth-order valence-corrected chi connectivity index (χ4v) is 4.05. The molecule has 2 fully saturated rings. The van der Waals surface area contributed by atoms with Gasteiger partial charge in [-0.2, -0.15) is 0 Å². The van der Waals surface area contributed by atoms with Gasteiger partial charge in [0.1, 0.15) is 11.9 Å². The number of primary amides is 1. The van der Waals surface area contributed by atoms with Gasteiger partial charge in [-0.1, -0.05) is 0 Å². The van der Waals surface area contributed by atoms with E-state index in [1.165, 1.54) is 0 Å². The van der Waals surface area contributed by atoms with Crippen LogP contribution in [0.25, 0.3) is 10.8 Å². The van der Waals surface area contributed by atoms with Gasteiger partial charge in [0.25, 0.3) is 5.91 Å². The predicted octanol–water partition coefficient (Wildman–Crippen LogP) is 2.17. The van der Waals surface area contributed by atoms with Crippen molar-refractivity contribution in [2.75, 3.05) is 0 Å². The van der Waals surface area contributed by atoms with Crippen molar-refractivity contribution in [3.63, 3.8) is 0 Å². The molecule has 1 aromatic carbocycles. The van der Waals surface area contributed by atoms with Crippen LogP contribution in [0.3, 0.4) is 0 Å². The number of nitrogens with one attached hydrogen (secondary N) is 1. The van der Waals surface area contributed by atoms with E-state index in [1.54, 1.807) is 18.3 Å². The SMILES string of the molecule is CC(C)Oc1cc2c(O[C@@H]3CC[C@H]4CC(=O)N[C@@H]43)nccc2cc1C(N)=O. The zero-order chi connectivity index (χ0) is 19.1. The predicted molar refractivity (Wildman–Crippen MR) is 99.7 cm³/mol. The van der Waals surface area contributed by atoms with Crippen molar-refractivity contribution in [2.24, 2.45) is 11.7 Å². The van der Waals surface area contributed by atoms with Gasteiger partial charge >= 0.3 is 0 Å². The molecule has 1 aromatic heterocycles. The van der Waals surface area contributed by atoms with E-state index in [2.05, 4.69) is 10.3 Å². The number of fused-ring (bicyclic) bond motifs is 2. The summed E-state index contributed by atoms with van der Waals surface area (Å²) in [5.41, 5.74) is 5.85. The third kappa shape index (κ3) is 3.29. The molecular weight excluding hydrogens is 346 g/mol. The van der Waals surface area contributed by atoms with Crippen LogP contribution in [0.2, 0.25) is 0 Å². The van der Waals surface area contributed by atoms with Crippen molar-refractivity contribution in [3.05, 3.63) is 30.0 Å². The van der Waals surface area contributed by atoms with E-state index >= 15 is 0 Å². The van der Waals surface area contributed by atoms with Crippen molar-refractivity contribution in [2.45, 2.75) is 51.4 Å². The normalized spacial score (nSPS) is 24.1. The fraction of sp³-hybridized carbons (Fsp3) is 0.450. The molecule has 3 atom stereocenters. The maximum Gasteiger partial charge on any atom is 0.252 e. The largest absolute Gasteiger partial charge is 0.490 e. The molecule has 0 spiro atoms. The molecule has 2 amide bonds. The summed E-state index contributed by atoms with van der Waals surface area (Å²) in [5, 5.41) is 4.57. The number of hydrogen-bond donors (Lipinski definition) is 2. The zero-order valence-electron chi connectivity index (χ0n) is 15.4. The van der Waals surface area contributed by atoms with E-state index in [1.807, 2.05) is 19.9 Å². The monoisotopic (exact) mass is 369 g/mol. The number of nitrogens with two attached hydrogens (primary N) is 1. The number of nitrogens with zero attached hydrogens (tertiary/aromatic N) is 1. The van der Waals surface area contributed by atoms with Crippen LogP contribution in [-0.4, -0.2) is 35.0 Å². The Hall–Kier alpha value is -2.83. The van der Waals surface area contributed by atoms with Crippen LogP contribution in [-0.2, 0) is 4.79 Å². The second kappa shape index (κ2) is 6.72. The lowest BCUT2D eigenvalue weighted by Gasteiger charge is -2.21. The molecule has 2 aromatic rings. The molecule has 3 N–H and O–H groups in total. The van der Waals surface area contributed by atoms with Gasteiger partial charge in [-0.05, 0) is 56.2 Å². The minimum absolute atomic E-state index is 0.0332. The molecule has 142 valence electrons. The standard InChI is InChI=1S/C20H23N3O4/c1-10(2)26-16-9-13-11(7-14(16)19(21)25)5-6-22-20(13)27-15-4-3-12-8-17(24)23-18(12)15/h5-7,9-10,12,15,18H,3-4,8H2,1-2H3,(H2,21,25)(H,23,24)/t12-,15+,18-/m0/s1. The second-order valence-corrected chi connectivity index (χ2v) is 7.51. The number of rotatable bonds is 5. The molecule has 7 heteroatoms. The molecule has 4 rings (SSSR count). The number of hydrogen-bond acceptors (Lipinski definition) is 5. The van der Waals surface area contributed by atoms with Crippen LogP contribution in [0, 0.1) is 5.92 Å². The average molecular weight is 369 g/mol. The summed E-state index contributed by atoms with van der Waals surface area (Å²) in [5.74, 6) is 0.769. The lowest BCUT2D eigenvalue weighted by Crippen LogP contribution is -2.39. The quantitative estimate of drug-likeness (QED) is 0.841. The van der Waals surface area contributed by atoms with E-state index in [0.717, 1.165) is 23.6 Å². The van der Waals surface area contributed by atoms with E-state index in [0.29, 0.717) is 29.5 Å². The van der Waals surface area contributed by atoms with Crippen LogP contribution in [0.15, 0.2) is 24.4 Å². The molecule has 1 aliphatic heterocycles. The molecular formula is C20H23N3O4. The summed E-state index contributed by atoms with van der Waals surface area (Å²) in [6, 6.07) is 5.31. The van der Waals surface area contributed by atoms with Crippen molar-refractivity contribution in [1.82, 2.24) is 10.3 Å². The summed E-state index contributed by atoms with van der Waals surface area (Å²) in [6.45, 7) is 3.77. The molecule has 2 heterocycles. The Bertz CT molecular complexity index is 911. The molecule has 0 radical (unpaired) electrons. The van der Waals surface area contributed by atoms with E-state index in [-0.39, 0.29) is 24.2 Å². The van der Waals surface area contributed by atoms with Gasteiger partial charge in [-0.25, -0.2) is 4.98 Å². The van der Waals surface area contributed by atoms with Gasteiger partial charge in [-0.15, -0.1) is 0 Å². The smallest absolute Gasteiger partial charge is 0.252 e. The summed E-state index contributed by atoms with van der Waals surface area (Å²) in [6.07, 6.45) is 3.84. The van der Waals surface area contributed by atoms with Crippen LogP contribution < -0.4 is 20.5 Å². The Kier molecular flexibility index (Phi) is 4.37. The average Bonchev–Trinajstić information content (AvgIpc) is 3.14. The first kappa shape index (κ1) is 17.6. The Morgan fingerprint density at radius 1 is 1.33 bits per heavy atom. The third-order valence-corrected chi connectivity index (χ3v) is 5.22. The molecule has 0 unspecified atom stereocenters. The first-order valence-corrected chi connectivity index (χ1v) is 9.27. The molecule has 2 aliphatic rings. The Morgan fingerprint density at radius 2 is 2.15 bits per heavy atom. The highest BCUT2D eigenvalue weighted by Crippen LogP contribution is 2.37. The lowest BCUT2D eigenvalue weighted by molar-refractivity contribution is -0.119. The molecule has 1 saturated heterocycles. The third-order valence-electron chi connectivity index (χ3n) is 5.22. The molecule has 0 bridgehead atoms. The summed E-state index contributed by atoms with van der Waals surface area (Å²) in [4.78, 5) is 27.9. The Balaban J connectivity index is 1.70. The minimum atomic E-state index is -0.542. The van der Waals surface area contributed by atoms with E-state index in [9.17, 15) is 9.59 Å². The number of carbonyl (C=O) groups is 2. The minimum Gasteiger partial charge on any atom is -0.490 e. The van der Waals surface area contributed by atoms with Crippen molar-refractivity contribution < 1.29 is 19.1 Å². The molecule has 27 heavy (non-hydrogen) atoms. The van der Waals surface area contributed by atoms with E-state index < -0.39 is 5.91 Å². The number of aromatic nitrogens is 1. The Morgan fingerprint density at radius 3 is 2.89 bits per heavy atom. The van der Waals surface area contributed by atoms with Gasteiger partial charge in [0, 0.05) is 18.0 Å². The van der Waals surface area contributed by atoms with Crippen LogP contribution in [0.5, 0.6) is 11.6 Å².